The van der Waals surface area contributed by atoms with Gasteiger partial charge in [-0.25, -0.2) is 18.1 Å². The lowest BCUT2D eigenvalue weighted by Gasteiger charge is -2.08. The molecule has 2 heterocycles. The number of nitrogens with zero attached hydrogens (tertiary/aromatic N) is 3. The van der Waals surface area contributed by atoms with Crippen molar-refractivity contribution < 1.29 is 4.21 Å². The molecule has 1 atom stereocenters. The summed E-state index contributed by atoms with van der Waals surface area (Å²) in [5, 5.41) is 1.05. The lowest BCUT2D eigenvalue weighted by atomic mass is 10.2. The second-order valence-corrected chi connectivity index (χ2v) is 7.28. The first-order chi connectivity index (χ1) is 12.1. The fraction of sp³-hybridized carbons (Fsp3) is 0.0526. The second kappa shape index (κ2) is 6.43. The molecule has 0 N–H and O–H groups in total. The van der Waals surface area contributed by atoms with E-state index in [0.717, 1.165) is 11.3 Å². The smallest absolute Gasteiger partial charge is 0.163 e. The van der Waals surface area contributed by atoms with E-state index in [2.05, 4.69) is 9.97 Å². The molecule has 2 aromatic heterocycles. The third kappa shape index (κ3) is 2.86. The highest BCUT2D eigenvalue weighted by atomic mass is 35.5. The van der Waals surface area contributed by atoms with E-state index >= 15 is 0 Å². The van der Waals surface area contributed by atoms with Crippen molar-refractivity contribution >= 4 is 33.6 Å². The maximum atomic E-state index is 13.1. The molecular formula is C19H14ClN3OS. The SMILES string of the molecule is Cc1cc2c(Cl)nc(-c3ccccc3)nc2n1S(=O)c1ccccc1. The van der Waals surface area contributed by atoms with E-state index in [1.165, 1.54) is 0 Å². The predicted octanol–water partition coefficient (Wildman–Crippen LogP) is 4.63. The average Bonchev–Trinajstić information content (AvgIpc) is 2.99. The number of aryl methyl sites for hydroxylation is 1. The van der Waals surface area contributed by atoms with Crippen LogP contribution in [0.5, 0.6) is 0 Å². The number of aromatic nitrogens is 3. The van der Waals surface area contributed by atoms with Crippen LogP contribution in [0.25, 0.3) is 22.4 Å². The lowest BCUT2D eigenvalue weighted by molar-refractivity contribution is 0.677. The number of benzene rings is 2. The Balaban J connectivity index is 1.95. The maximum Gasteiger partial charge on any atom is 0.163 e. The Labute approximate surface area is 152 Å². The van der Waals surface area contributed by atoms with Crippen molar-refractivity contribution in [1.82, 2.24) is 13.9 Å². The van der Waals surface area contributed by atoms with Gasteiger partial charge in [-0.2, -0.15) is 0 Å². The summed E-state index contributed by atoms with van der Waals surface area (Å²) in [6, 6.07) is 20.8. The number of fused-ring (bicyclic) bond motifs is 1. The first-order valence-corrected chi connectivity index (χ1v) is 9.22. The van der Waals surface area contributed by atoms with E-state index in [-0.39, 0.29) is 0 Å². The van der Waals surface area contributed by atoms with Crippen molar-refractivity contribution in [2.24, 2.45) is 0 Å². The number of rotatable bonds is 3. The monoisotopic (exact) mass is 367 g/mol. The van der Waals surface area contributed by atoms with Gasteiger partial charge in [0.25, 0.3) is 0 Å². The fourth-order valence-corrected chi connectivity index (χ4v) is 4.14. The van der Waals surface area contributed by atoms with Gasteiger partial charge >= 0.3 is 0 Å². The minimum absolute atomic E-state index is 0.357. The molecule has 0 aliphatic heterocycles. The van der Waals surface area contributed by atoms with Gasteiger partial charge in [-0.05, 0) is 25.1 Å². The molecule has 25 heavy (non-hydrogen) atoms. The Morgan fingerprint density at radius 2 is 1.60 bits per heavy atom. The average molecular weight is 368 g/mol. The minimum atomic E-state index is -1.41. The predicted molar refractivity (Wildman–Crippen MR) is 101 cm³/mol. The molecule has 0 fully saturated rings. The normalized spacial score (nSPS) is 12.4. The first-order valence-electron chi connectivity index (χ1n) is 7.73. The highest BCUT2D eigenvalue weighted by Crippen LogP contribution is 2.29. The number of hydrogen-bond donors (Lipinski definition) is 0. The van der Waals surface area contributed by atoms with Crippen molar-refractivity contribution in [3.8, 4) is 11.4 Å². The Morgan fingerprint density at radius 3 is 2.28 bits per heavy atom. The molecule has 0 saturated carbocycles. The van der Waals surface area contributed by atoms with Gasteiger partial charge in [-0.3, -0.25) is 0 Å². The van der Waals surface area contributed by atoms with Crippen LogP contribution in [0.3, 0.4) is 0 Å². The third-order valence-electron chi connectivity index (χ3n) is 3.89. The van der Waals surface area contributed by atoms with Crippen LogP contribution in [0, 0.1) is 6.92 Å². The zero-order chi connectivity index (χ0) is 17.4. The van der Waals surface area contributed by atoms with Crippen LogP contribution in [-0.4, -0.2) is 18.1 Å². The van der Waals surface area contributed by atoms with E-state index in [0.29, 0.717) is 26.9 Å². The molecule has 0 aliphatic rings. The third-order valence-corrected chi connectivity index (χ3v) is 5.64. The molecule has 0 saturated heterocycles. The summed E-state index contributed by atoms with van der Waals surface area (Å²) in [4.78, 5) is 9.76. The minimum Gasteiger partial charge on any atom is -0.243 e. The van der Waals surface area contributed by atoms with Crippen LogP contribution in [0.4, 0.5) is 0 Å². The topological polar surface area (TPSA) is 47.8 Å². The summed E-state index contributed by atoms with van der Waals surface area (Å²) in [6.45, 7) is 1.89. The van der Waals surface area contributed by atoms with Crippen molar-refractivity contribution in [3.63, 3.8) is 0 Å². The van der Waals surface area contributed by atoms with Crippen LogP contribution in [-0.2, 0) is 11.0 Å². The summed E-state index contributed by atoms with van der Waals surface area (Å²) in [5.74, 6) is 0.516. The van der Waals surface area contributed by atoms with Crippen LogP contribution < -0.4 is 0 Å². The molecule has 2 aromatic carbocycles. The van der Waals surface area contributed by atoms with Crippen LogP contribution >= 0.6 is 11.6 Å². The molecule has 6 heteroatoms. The quantitative estimate of drug-likeness (QED) is 0.496. The second-order valence-electron chi connectivity index (χ2n) is 5.58. The molecule has 4 aromatic rings. The molecule has 1 unspecified atom stereocenters. The maximum absolute atomic E-state index is 13.1. The van der Waals surface area contributed by atoms with E-state index in [1.807, 2.05) is 73.7 Å². The molecule has 124 valence electrons. The van der Waals surface area contributed by atoms with Crippen molar-refractivity contribution in [1.29, 1.82) is 0 Å². The zero-order valence-electron chi connectivity index (χ0n) is 13.4. The van der Waals surface area contributed by atoms with E-state index in [4.69, 9.17) is 11.6 Å². The summed E-state index contributed by atoms with van der Waals surface area (Å²) in [6.07, 6.45) is 0. The van der Waals surface area contributed by atoms with Gasteiger partial charge in [-0.1, -0.05) is 60.1 Å². The van der Waals surface area contributed by atoms with Crippen molar-refractivity contribution in [2.45, 2.75) is 11.8 Å². The van der Waals surface area contributed by atoms with Crippen LogP contribution in [0.15, 0.2) is 71.6 Å². The van der Waals surface area contributed by atoms with Crippen LogP contribution in [0.2, 0.25) is 5.15 Å². The lowest BCUT2D eigenvalue weighted by Crippen LogP contribution is -2.08. The number of halogens is 1. The molecule has 4 rings (SSSR count). The van der Waals surface area contributed by atoms with Gasteiger partial charge in [-0.15, -0.1) is 0 Å². The molecule has 0 aliphatic carbocycles. The van der Waals surface area contributed by atoms with E-state index in [1.54, 1.807) is 3.97 Å². The van der Waals surface area contributed by atoms with Crippen molar-refractivity contribution in [2.75, 3.05) is 0 Å². The van der Waals surface area contributed by atoms with Gasteiger partial charge in [0.2, 0.25) is 0 Å². The highest BCUT2D eigenvalue weighted by Gasteiger charge is 2.18. The van der Waals surface area contributed by atoms with Crippen molar-refractivity contribution in [3.05, 3.63) is 77.6 Å². The molecular weight excluding hydrogens is 354 g/mol. The van der Waals surface area contributed by atoms with Crippen LogP contribution in [0.1, 0.15) is 5.69 Å². The molecule has 0 amide bonds. The fourth-order valence-electron chi connectivity index (χ4n) is 2.71. The molecule has 0 radical (unpaired) electrons. The van der Waals surface area contributed by atoms with Gasteiger partial charge < -0.3 is 0 Å². The molecule has 0 bridgehead atoms. The summed E-state index contributed by atoms with van der Waals surface area (Å²) in [7, 11) is -1.41. The number of hydrogen-bond acceptors (Lipinski definition) is 3. The largest absolute Gasteiger partial charge is 0.243 e. The summed E-state index contributed by atoms with van der Waals surface area (Å²) < 4.78 is 14.8. The molecule has 0 spiro atoms. The highest BCUT2D eigenvalue weighted by molar-refractivity contribution is 7.83. The van der Waals surface area contributed by atoms with E-state index in [9.17, 15) is 4.21 Å². The van der Waals surface area contributed by atoms with E-state index < -0.39 is 11.0 Å². The van der Waals surface area contributed by atoms with Gasteiger partial charge in [0.05, 0.1) is 10.3 Å². The van der Waals surface area contributed by atoms with Gasteiger partial charge in [0.15, 0.2) is 22.5 Å². The van der Waals surface area contributed by atoms with Gasteiger partial charge in [0, 0.05) is 11.3 Å². The summed E-state index contributed by atoms with van der Waals surface area (Å²) in [5.41, 5.74) is 2.25. The Kier molecular flexibility index (Phi) is 4.11. The Morgan fingerprint density at radius 1 is 0.960 bits per heavy atom. The Hall–Kier alpha value is -2.50. The Bertz CT molecular complexity index is 1080. The standard InChI is InChI=1S/C19H14ClN3OS/c1-13-12-16-17(20)21-18(14-8-4-2-5-9-14)22-19(16)23(13)25(24)15-10-6-3-7-11-15/h2-12H,1H3. The molecule has 4 nitrogen and oxygen atoms in total. The first kappa shape index (κ1) is 16.0. The van der Waals surface area contributed by atoms with Gasteiger partial charge in [0.1, 0.15) is 5.15 Å². The zero-order valence-corrected chi connectivity index (χ0v) is 15.0. The summed E-state index contributed by atoms with van der Waals surface area (Å²) >= 11 is 6.38.